The Morgan fingerprint density at radius 2 is 2.43 bits per heavy atom. The first-order chi connectivity index (χ1) is 6.66. The highest BCUT2D eigenvalue weighted by atomic mass is 32.1. The molecule has 72 valence electrons. The summed E-state index contributed by atoms with van der Waals surface area (Å²) in [5.41, 5.74) is -0.253. The second-order valence-electron chi connectivity index (χ2n) is 3.22. The van der Waals surface area contributed by atoms with Gasteiger partial charge in [-0.2, -0.15) is 0 Å². The fraction of sp³-hybridized carbons (Fsp3) is 0.500. The summed E-state index contributed by atoms with van der Waals surface area (Å²) in [6.45, 7) is 0. The highest BCUT2D eigenvalue weighted by Crippen LogP contribution is 2.24. The van der Waals surface area contributed by atoms with E-state index in [-0.39, 0.29) is 17.9 Å². The fourth-order valence-corrected chi connectivity index (χ4v) is 1.65. The van der Waals surface area contributed by atoms with E-state index in [1.807, 2.05) is 0 Å². The van der Waals surface area contributed by atoms with E-state index >= 15 is 0 Å². The molecule has 0 saturated carbocycles. The molecule has 0 spiro atoms. The van der Waals surface area contributed by atoms with Crippen molar-refractivity contribution < 1.29 is 4.74 Å². The first kappa shape index (κ1) is 9.67. The van der Waals surface area contributed by atoms with Gasteiger partial charge in [0.1, 0.15) is 18.7 Å². The van der Waals surface area contributed by atoms with E-state index in [0.29, 0.717) is 4.64 Å². The van der Waals surface area contributed by atoms with E-state index < -0.39 is 0 Å². The molecule has 14 heavy (non-hydrogen) atoms. The van der Waals surface area contributed by atoms with Crippen molar-refractivity contribution in [1.82, 2.24) is 9.55 Å². The number of hydrogen-bond acceptors (Lipinski definition) is 3. The summed E-state index contributed by atoms with van der Waals surface area (Å²) in [6.07, 6.45) is 2.90. The molecule has 1 N–H and O–H groups in total. The summed E-state index contributed by atoms with van der Waals surface area (Å²) in [6, 6.07) is 1.39. The summed E-state index contributed by atoms with van der Waals surface area (Å²) in [7, 11) is 5.57. The van der Waals surface area contributed by atoms with Crippen LogP contribution in [0.4, 0.5) is 0 Å². The van der Waals surface area contributed by atoms with Crippen molar-refractivity contribution in [2.45, 2.75) is 25.1 Å². The van der Waals surface area contributed by atoms with Crippen molar-refractivity contribution in [3.05, 3.63) is 27.4 Å². The molecule has 1 aromatic heterocycles. The molecule has 1 aromatic rings. The van der Waals surface area contributed by atoms with Crippen LogP contribution in [0.5, 0.6) is 0 Å². The number of nitrogens with one attached hydrogen (secondary N) is 1. The summed E-state index contributed by atoms with van der Waals surface area (Å²) < 4.78 is 7.25. The van der Waals surface area contributed by atoms with Crippen LogP contribution in [0.1, 0.15) is 19.1 Å². The Bertz CT molecular complexity index is 441. The molecule has 2 radical (unpaired) electrons. The number of rotatable bonds is 1. The molecular weight excluding hydrogens is 199 g/mol. The maximum atomic E-state index is 11.5. The van der Waals surface area contributed by atoms with Crippen LogP contribution in [0.2, 0.25) is 0 Å². The quantitative estimate of drug-likeness (QED) is 0.546. The molecule has 2 atom stereocenters. The molecular formula is C8H9BN2O2S. The van der Waals surface area contributed by atoms with Gasteiger partial charge in [0.15, 0.2) is 0 Å². The molecule has 1 unspecified atom stereocenters. The summed E-state index contributed by atoms with van der Waals surface area (Å²) in [4.78, 5) is 14.0. The maximum Gasteiger partial charge on any atom is 0.328 e. The first-order valence-electron chi connectivity index (χ1n) is 4.39. The molecule has 0 amide bonds. The highest BCUT2D eigenvalue weighted by molar-refractivity contribution is 7.71. The average molecular weight is 208 g/mol. The van der Waals surface area contributed by atoms with Crippen molar-refractivity contribution >= 4 is 20.1 Å². The molecule has 1 aliphatic heterocycles. The minimum atomic E-state index is -0.268. The van der Waals surface area contributed by atoms with E-state index in [2.05, 4.69) is 4.98 Å². The van der Waals surface area contributed by atoms with Gasteiger partial charge in [0.05, 0.1) is 0 Å². The van der Waals surface area contributed by atoms with Gasteiger partial charge in [0, 0.05) is 12.2 Å². The average Bonchev–Trinajstić information content (AvgIpc) is 2.51. The van der Waals surface area contributed by atoms with Crippen LogP contribution in [-0.4, -0.2) is 23.4 Å². The number of ether oxygens (including phenoxy) is 1. The molecule has 4 nitrogen and oxygen atoms in total. The first-order valence-corrected chi connectivity index (χ1v) is 4.80. The zero-order valence-corrected chi connectivity index (χ0v) is 8.29. The van der Waals surface area contributed by atoms with Gasteiger partial charge in [-0.25, -0.2) is 4.79 Å². The van der Waals surface area contributed by atoms with Gasteiger partial charge in [-0.05, 0) is 18.9 Å². The Hall–Kier alpha value is -0.875. The van der Waals surface area contributed by atoms with Gasteiger partial charge in [0.25, 0.3) is 0 Å². The number of nitrogens with zero attached hydrogens (tertiary/aromatic N) is 1. The van der Waals surface area contributed by atoms with Crippen molar-refractivity contribution in [3.8, 4) is 0 Å². The maximum absolute atomic E-state index is 11.5. The third kappa shape index (κ3) is 1.81. The SMILES string of the molecule is [B][C@@H]1CCC(n2ccc(=S)[nH]c2=O)O1. The van der Waals surface area contributed by atoms with Gasteiger partial charge in [-0.1, -0.05) is 12.2 Å². The largest absolute Gasteiger partial charge is 0.364 e. The second kappa shape index (κ2) is 3.71. The predicted octanol–water partition coefficient (Wildman–Crippen LogP) is 0.709. The molecule has 6 heteroatoms. The molecule has 0 bridgehead atoms. The van der Waals surface area contributed by atoms with E-state index in [1.54, 1.807) is 12.3 Å². The molecule has 1 aliphatic rings. The fourth-order valence-electron chi connectivity index (χ4n) is 1.50. The topological polar surface area (TPSA) is 47.0 Å². The number of aromatic amines is 1. The third-order valence-electron chi connectivity index (χ3n) is 2.19. The van der Waals surface area contributed by atoms with Crippen molar-refractivity contribution in [3.63, 3.8) is 0 Å². The van der Waals surface area contributed by atoms with Crippen molar-refractivity contribution in [2.75, 3.05) is 0 Å². The van der Waals surface area contributed by atoms with Crippen LogP contribution in [0.25, 0.3) is 0 Å². The lowest BCUT2D eigenvalue weighted by molar-refractivity contribution is 0.0340. The third-order valence-corrected chi connectivity index (χ3v) is 2.43. The van der Waals surface area contributed by atoms with Gasteiger partial charge in [-0.3, -0.25) is 9.55 Å². The molecule has 0 aliphatic carbocycles. The minimum absolute atomic E-state index is 0.253. The number of H-pyrrole nitrogens is 1. The van der Waals surface area contributed by atoms with Gasteiger partial charge < -0.3 is 4.74 Å². The normalized spacial score (nSPS) is 26.6. The van der Waals surface area contributed by atoms with Crippen molar-refractivity contribution in [1.29, 1.82) is 0 Å². The summed E-state index contributed by atoms with van der Waals surface area (Å²) >= 11 is 4.82. The Morgan fingerprint density at radius 1 is 1.64 bits per heavy atom. The Kier molecular flexibility index (Phi) is 2.56. The minimum Gasteiger partial charge on any atom is -0.364 e. The molecule has 2 rings (SSSR count). The van der Waals surface area contributed by atoms with Crippen LogP contribution in [0.15, 0.2) is 17.1 Å². The smallest absolute Gasteiger partial charge is 0.328 e. The Labute approximate surface area is 87.3 Å². The lowest BCUT2D eigenvalue weighted by atomic mass is 9.98. The van der Waals surface area contributed by atoms with Crippen molar-refractivity contribution in [2.24, 2.45) is 0 Å². The van der Waals surface area contributed by atoms with Gasteiger partial charge in [0.2, 0.25) is 0 Å². The summed E-state index contributed by atoms with van der Waals surface area (Å²) in [5, 5.41) is 0. The van der Waals surface area contributed by atoms with E-state index in [9.17, 15) is 4.79 Å². The molecule has 0 aromatic carbocycles. The molecule has 1 fully saturated rings. The predicted molar refractivity (Wildman–Crippen MR) is 54.8 cm³/mol. The Balaban J connectivity index is 2.33. The van der Waals surface area contributed by atoms with Crippen LogP contribution >= 0.6 is 12.2 Å². The second-order valence-corrected chi connectivity index (χ2v) is 3.66. The van der Waals surface area contributed by atoms with E-state index in [1.165, 1.54) is 4.57 Å². The van der Waals surface area contributed by atoms with Gasteiger partial charge >= 0.3 is 5.69 Å². The summed E-state index contributed by atoms with van der Waals surface area (Å²) in [5.74, 6) is 0. The Morgan fingerprint density at radius 3 is 3.00 bits per heavy atom. The number of hydrogen-bond donors (Lipinski definition) is 1. The van der Waals surface area contributed by atoms with Crippen LogP contribution in [-0.2, 0) is 4.74 Å². The lowest BCUT2D eigenvalue weighted by Gasteiger charge is -2.13. The zero-order valence-electron chi connectivity index (χ0n) is 7.47. The van der Waals surface area contributed by atoms with E-state index in [4.69, 9.17) is 24.8 Å². The molecule has 2 heterocycles. The van der Waals surface area contributed by atoms with Crippen LogP contribution in [0, 0.1) is 4.64 Å². The van der Waals surface area contributed by atoms with Crippen LogP contribution < -0.4 is 5.69 Å². The van der Waals surface area contributed by atoms with Gasteiger partial charge in [-0.15, -0.1) is 0 Å². The molecule has 1 saturated heterocycles. The monoisotopic (exact) mass is 208 g/mol. The number of aromatic nitrogens is 2. The standard InChI is InChI=1S/C8H9BN2O2S/c9-5-1-2-7(13-5)11-4-3-6(14)10-8(11)12/h3-5,7H,1-2H2,(H,10,12,14)/t5-,7?/m0/s1. The highest BCUT2D eigenvalue weighted by Gasteiger charge is 2.23. The lowest BCUT2D eigenvalue weighted by Crippen LogP contribution is -2.26. The zero-order chi connectivity index (χ0) is 10.1. The van der Waals surface area contributed by atoms with E-state index in [0.717, 1.165) is 12.8 Å². The van der Waals surface area contributed by atoms with Crippen LogP contribution in [0.3, 0.4) is 0 Å².